The lowest BCUT2D eigenvalue weighted by atomic mass is 10.0. The number of H-pyrrole nitrogens is 1. The first kappa shape index (κ1) is 21.9. The van der Waals surface area contributed by atoms with Crippen molar-refractivity contribution in [3.63, 3.8) is 0 Å². The predicted molar refractivity (Wildman–Crippen MR) is 120 cm³/mol. The van der Waals surface area contributed by atoms with E-state index in [2.05, 4.69) is 19.9 Å². The molecule has 3 aromatic heterocycles. The molecule has 4 heterocycles. The van der Waals surface area contributed by atoms with E-state index in [1.165, 1.54) is 19.2 Å². The molecule has 0 saturated heterocycles. The molecule has 1 aliphatic rings. The molecular weight excluding hydrogens is 450 g/mol. The third-order valence-corrected chi connectivity index (χ3v) is 5.81. The van der Waals surface area contributed by atoms with Gasteiger partial charge in [0.1, 0.15) is 35.1 Å². The smallest absolute Gasteiger partial charge is 0.433 e. The molecule has 0 aliphatic carbocycles. The number of aromatic amines is 1. The van der Waals surface area contributed by atoms with Crippen molar-refractivity contribution < 1.29 is 22.3 Å². The highest BCUT2D eigenvalue weighted by molar-refractivity contribution is 5.96. The molecule has 174 valence electrons. The van der Waals surface area contributed by atoms with E-state index < -0.39 is 11.9 Å². The maximum atomic E-state index is 14.0. The molecule has 0 bridgehead atoms. The summed E-state index contributed by atoms with van der Waals surface area (Å²) in [4.78, 5) is 16.8. The van der Waals surface area contributed by atoms with Crippen molar-refractivity contribution in [3.05, 3.63) is 72.2 Å². The molecule has 0 unspecified atom stereocenters. The summed E-state index contributed by atoms with van der Waals surface area (Å²) in [7, 11) is 1.53. The summed E-state index contributed by atoms with van der Waals surface area (Å²) >= 11 is 0. The summed E-state index contributed by atoms with van der Waals surface area (Å²) in [5.41, 5.74) is 2.94. The molecule has 0 saturated carbocycles. The number of pyridine rings is 1. The van der Waals surface area contributed by atoms with Gasteiger partial charge in [-0.25, -0.2) is 19.3 Å². The first-order chi connectivity index (χ1) is 16.3. The Morgan fingerprint density at radius 3 is 2.62 bits per heavy atom. The minimum atomic E-state index is -4.52. The molecule has 0 atom stereocenters. The van der Waals surface area contributed by atoms with E-state index in [1.54, 1.807) is 17.2 Å². The Morgan fingerprint density at radius 1 is 1.03 bits per heavy atom. The van der Waals surface area contributed by atoms with Crippen molar-refractivity contribution >= 4 is 22.4 Å². The number of benzene rings is 1. The van der Waals surface area contributed by atoms with Gasteiger partial charge in [0, 0.05) is 42.0 Å². The van der Waals surface area contributed by atoms with Crippen LogP contribution in [0.3, 0.4) is 0 Å². The van der Waals surface area contributed by atoms with Crippen LogP contribution in [-0.4, -0.2) is 40.1 Å². The highest BCUT2D eigenvalue weighted by atomic mass is 19.4. The number of ether oxygens (including phenoxy) is 1. The molecular formula is C24H19F4N5O. The highest BCUT2D eigenvalue weighted by Crippen LogP contribution is 2.37. The average molecular weight is 469 g/mol. The lowest BCUT2D eigenvalue weighted by molar-refractivity contribution is -0.141. The molecule has 0 spiro atoms. The third kappa shape index (κ3) is 4.07. The Morgan fingerprint density at radius 2 is 1.88 bits per heavy atom. The molecule has 0 radical (unpaired) electrons. The van der Waals surface area contributed by atoms with E-state index in [4.69, 9.17) is 4.74 Å². The number of nitrogens with one attached hydrogen (secondary N) is 1. The van der Waals surface area contributed by atoms with E-state index in [0.29, 0.717) is 36.5 Å². The number of rotatable bonds is 4. The van der Waals surface area contributed by atoms with E-state index in [1.807, 2.05) is 18.2 Å². The summed E-state index contributed by atoms with van der Waals surface area (Å²) in [6, 6.07) is 9.08. The Bertz CT molecular complexity index is 1400. The number of hydrogen-bond donors (Lipinski definition) is 1. The second-order valence-corrected chi connectivity index (χ2v) is 7.83. The van der Waals surface area contributed by atoms with Crippen LogP contribution in [0.25, 0.3) is 27.7 Å². The highest BCUT2D eigenvalue weighted by Gasteiger charge is 2.33. The lowest BCUT2D eigenvalue weighted by Gasteiger charge is -2.27. The molecule has 1 N–H and O–H groups in total. The predicted octanol–water partition coefficient (Wildman–Crippen LogP) is 5.48. The fourth-order valence-electron chi connectivity index (χ4n) is 4.12. The van der Waals surface area contributed by atoms with Crippen LogP contribution in [0.2, 0.25) is 0 Å². The van der Waals surface area contributed by atoms with Gasteiger partial charge < -0.3 is 14.6 Å². The monoisotopic (exact) mass is 469 g/mol. The second kappa shape index (κ2) is 8.44. The Kier molecular flexibility index (Phi) is 5.43. The largest absolute Gasteiger partial charge is 0.496 e. The molecule has 5 rings (SSSR count). The topological polar surface area (TPSA) is 66.9 Å². The fraction of sp³-hybridized carbons (Fsp3) is 0.208. The summed E-state index contributed by atoms with van der Waals surface area (Å²) in [6.07, 6.45) is 0.603. The SMILES string of the molecule is COc1ccc(F)cc1-c1ccnc2[nH]c(C3=CCN(c4cc(C(F)(F)F)ncn4)CC3)cc12. The first-order valence-corrected chi connectivity index (χ1v) is 10.5. The average Bonchev–Trinajstić information content (AvgIpc) is 3.28. The molecule has 1 aromatic carbocycles. The van der Waals surface area contributed by atoms with E-state index in [9.17, 15) is 17.6 Å². The quantitative estimate of drug-likeness (QED) is 0.401. The van der Waals surface area contributed by atoms with Gasteiger partial charge in [-0.3, -0.25) is 0 Å². The van der Waals surface area contributed by atoms with Gasteiger partial charge in [-0.15, -0.1) is 0 Å². The van der Waals surface area contributed by atoms with Crippen LogP contribution in [0, 0.1) is 5.82 Å². The number of methoxy groups -OCH3 is 1. The van der Waals surface area contributed by atoms with Gasteiger partial charge >= 0.3 is 6.18 Å². The van der Waals surface area contributed by atoms with Crippen molar-refractivity contribution in [2.45, 2.75) is 12.6 Å². The second-order valence-electron chi connectivity index (χ2n) is 7.83. The molecule has 34 heavy (non-hydrogen) atoms. The van der Waals surface area contributed by atoms with Gasteiger partial charge in [0.05, 0.1) is 7.11 Å². The van der Waals surface area contributed by atoms with Crippen molar-refractivity contribution in [2.75, 3.05) is 25.1 Å². The summed E-state index contributed by atoms with van der Waals surface area (Å²) in [5.74, 6) is 0.411. The number of halogens is 4. The fourth-order valence-corrected chi connectivity index (χ4v) is 4.12. The maximum absolute atomic E-state index is 14.0. The van der Waals surface area contributed by atoms with Gasteiger partial charge in [-0.05, 0) is 47.9 Å². The minimum absolute atomic E-state index is 0.233. The van der Waals surface area contributed by atoms with E-state index >= 15 is 0 Å². The zero-order valence-electron chi connectivity index (χ0n) is 18.0. The van der Waals surface area contributed by atoms with Crippen LogP contribution in [0.1, 0.15) is 17.8 Å². The van der Waals surface area contributed by atoms with Crippen LogP contribution >= 0.6 is 0 Å². The summed E-state index contributed by atoms with van der Waals surface area (Å²) in [6.45, 7) is 0.893. The zero-order chi connectivity index (χ0) is 23.9. The van der Waals surface area contributed by atoms with Gasteiger partial charge in [-0.1, -0.05) is 6.08 Å². The number of nitrogens with zero attached hydrogens (tertiary/aromatic N) is 4. The summed E-state index contributed by atoms with van der Waals surface area (Å²) in [5, 5.41) is 0.815. The molecule has 0 fully saturated rings. The maximum Gasteiger partial charge on any atom is 0.433 e. The number of aromatic nitrogens is 4. The van der Waals surface area contributed by atoms with Crippen LogP contribution in [-0.2, 0) is 6.18 Å². The van der Waals surface area contributed by atoms with Crippen molar-refractivity contribution in [1.82, 2.24) is 19.9 Å². The third-order valence-electron chi connectivity index (χ3n) is 5.81. The van der Waals surface area contributed by atoms with Crippen LogP contribution in [0.15, 0.2) is 55.0 Å². The standard InChI is InChI=1S/C24H19F4N5O/c1-34-20-3-2-15(25)10-17(20)16-4-7-29-23-18(16)11-19(32-23)14-5-8-33(9-6-14)22-12-21(24(26,27)28)30-13-31-22/h2-5,7,10-13H,6,8-9H2,1H3,(H,29,32). The first-order valence-electron chi connectivity index (χ1n) is 10.5. The Labute approximate surface area is 191 Å². The van der Waals surface area contributed by atoms with E-state index in [-0.39, 0.29) is 11.6 Å². The number of hydrogen-bond acceptors (Lipinski definition) is 5. The number of alkyl halides is 3. The summed E-state index contributed by atoms with van der Waals surface area (Å²) < 4.78 is 58.3. The lowest BCUT2D eigenvalue weighted by Crippen LogP contribution is -2.29. The molecule has 0 amide bonds. The normalized spacial score (nSPS) is 14.4. The Hall–Kier alpha value is -3.95. The number of fused-ring (bicyclic) bond motifs is 1. The van der Waals surface area contributed by atoms with Gasteiger partial charge in [0.25, 0.3) is 0 Å². The van der Waals surface area contributed by atoms with Gasteiger partial charge in [-0.2, -0.15) is 13.2 Å². The zero-order valence-corrected chi connectivity index (χ0v) is 18.0. The van der Waals surface area contributed by atoms with Crippen molar-refractivity contribution in [1.29, 1.82) is 0 Å². The van der Waals surface area contributed by atoms with Gasteiger partial charge in [0.2, 0.25) is 0 Å². The van der Waals surface area contributed by atoms with Gasteiger partial charge in [0.15, 0.2) is 0 Å². The van der Waals surface area contributed by atoms with Crippen LogP contribution in [0.4, 0.5) is 23.4 Å². The van der Waals surface area contributed by atoms with Crippen LogP contribution in [0.5, 0.6) is 5.75 Å². The molecule has 1 aliphatic heterocycles. The van der Waals surface area contributed by atoms with Crippen LogP contribution < -0.4 is 9.64 Å². The van der Waals surface area contributed by atoms with Crippen molar-refractivity contribution in [2.24, 2.45) is 0 Å². The molecule has 6 nitrogen and oxygen atoms in total. The van der Waals surface area contributed by atoms with Crippen molar-refractivity contribution in [3.8, 4) is 16.9 Å². The molecule has 4 aromatic rings. The molecule has 10 heteroatoms. The minimum Gasteiger partial charge on any atom is -0.496 e. The van der Waals surface area contributed by atoms with E-state index in [0.717, 1.165) is 34.6 Å². The number of anilines is 1. The Balaban J connectivity index is 1.45.